The van der Waals surface area contributed by atoms with Gasteiger partial charge < -0.3 is 10.1 Å². The number of nitrogens with one attached hydrogen (secondary N) is 2. The summed E-state index contributed by atoms with van der Waals surface area (Å²) >= 11 is 0. The molecule has 0 amide bonds. The normalized spacial score (nSPS) is 17.4. The highest BCUT2D eigenvalue weighted by Gasteiger charge is 2.14. The number of sulfonamides is 1. The molecule has 0 aromatic carbocycles. The van der Waals surface area contributed by atoms with Gasteiger partial charge in [0.15, 0.2) is 0 Å². The van der Waals surface area contributed by atoms with Crippen LogP contribution < -0.4 is 10.0 Å². The average molecular weight is 307 g/mol. The first kappa shape index (κ1) is 17.8. The van der Waals surface area contributed by atoms with E-state index in [-0.39, 0.29) is 5.75 Å². The van der Waals surface area contributed by atoms with Crippen molar-refractivity contribution in [2.45, 2.75) is 26.2 Å². The average Bonchev–Trinajstić information content (AvgIpc) is 2.45. The van der Waals surface area contributed by atoms with E-state index in [9.17, 15) is 8.42 Å². The van der Waals surface area contributed by atoms with Crippen molar-refractivity contribution in [3.8, 4) is 0 Å². The van der Waals surface area contributed by atoms with E-state index < -0.39 is 10.0 Å². The Morgan fingerprint density at radius 3 is 2.60 bits per heavy atom. The predicted octanol–water partition coefficient (Wildman–Crippen LogP) is 0.0178. The zero-order valence-electron chi connectivity index (χ0n) is 12.6. The van der Waals surface area contributed by atoms with E-state index in [2.05, 4.69) is 21.9 Å². The van der Waals surface area contributed by atoms with Crippen molar-refractivity contribution in [1.29, 1.82) is 0 Å². The monoisotopic (exact) mass is 307 g/mol. The van der Waals surface area contributed by atoms with Crippen LogP contribution in [0.3, 0.4) is 0 Å². The zero-order chi connectivity index (χ0) is 14.7. The van der Waals surface area contributed by atoms with Crippen molar-refractivity contribution in [3.63, 3.8) is 0 Å². The molecular formula is C13H29N3O3S. The maximum Gasteiger partial charge on any atom is 0.212 e. The Labute approximate surface area is 123 Å². The first-order valence-corrected chi connectivity index (χ1v) is 9.27. The van der Waals surface area contributed by atoms with Crippen LogP contribution in [0.5, 0.6) is 0 Å². The molecule has 1 aliphatic rings. The summed E-state index contributed by atoms with van der Waals surface area (Å²) in [6.45, 7) is 8.36. The first-order chi connectivity index (χ1) is 9.64. The van der Waals surface area contributed by atoms with Gasteiger partial charge >= 0.3 is 0 Å². The molecule has 2 N–H and O–H groups in total. The Balaban J connectivity index is 2.02. The van der Waals surface area contributed by atoms with Crippen molar-refractivity contribution in [1.82, 2.24) is 14.9 Å². The number of nitrogens with zero attached hydrogens (tertiary/aromatic N) is 1. The van der Waals surface area contributed by atoms with Crippen LogP contribution in [0.15, 0.2) is 0 Å². The summed E-state index contributed by atoms with van der Waals surface area (Å²) < 4.78 is 31.7. The summed E-state index contributed by atoms with van der Waals surface area (Å²) in [5.41, 5.74) is 0. The van der Waals surface area contributed by atoms with E-state index in [1.165, 1.54) is 0 Å². The molecule has 1 fully saturated rings. The molecule has 1 rings (SSSR count). The Hall–Kier alpha value is -0.210. The highest BCUT2D eigenvalue weighted by molar-refractivity contribution is 7.89. The van der Waals surface area contributed by atoms with Gasteiger partial charge in [-0.05, 0) is 12.8 Å². The number of rotatable bonds is 11. The predicted molar refractivity (Wildman–Crippen MR) is 81.4 cm³/mol. The van der Waals surface area contributed by atoms with Crippen molar-refractivity contribution < 1.29 is 13.2 Å². The van der Waals surface area contributed by atoms with E-state index in [1.807, 2.05) is 0 Å². The lowest BCUT2D eigenvalue weighted by molar-refractivity contribution is 0.130. The molecule has 0 aromatic heterocycles. The smallest absolute Gasteiger partial charge is 0.212 e. The van der Waals surface area contributed by atoms with Gasteiger partial charge in [-0.1, -0.05) is 13.3 Å². The molecule has 0 spiro atoms. The maximum atomic E-state index is 11.8. The number of ether oxygens (including phenoxy) is 1. The molecule has 0 saturated carbocycles. The van der Waals surface area contributed by atoms with Crippen LogP contribution >= 0.6 is 0 Å². The fourth-order valence-electron chi connectivity index (χ4n) is 2.01. The molecule has 0 aromatic rings. The third-order valence-corrected chi connectivity index (χ3v) is 4.68. The summed E-state index contributed by atoms with van der Waals surface area (Å²) in [5, 5.41) is 3.25. The molecule has 1 aliphatic heterocycles. The minimum absolute atomic E-state index is 0.184. The Morgan fingerprint density at radius 2 is 1.90 bits per heavy atom. The lowest BCUT2D eigenvalue weighted by Gasteiger charge is -2.26. The van der Waals surface area contributed by atoms with Gasteiger partial charge in [-0.2, -0.15) is 0 Å². The molecule has 1 saturated heterocycles. The van der Waals surface area contributed by atoms with Crippen LogP contribution in [0.2, 0.25) is 0 Å². The lowest BCUT2D eigenvalue weighted by Crippen LogP contribution is -2.46. The van der Waals surface area contributed by atoms with Crippen LogP contribution in [0.4, 0.5) is 0 Å². The van der Waals surface area contributed by atoms with E-state index >= 15 is 0 Å². The molecular weight excluding hydrogens is 278 g/mol. The molecule has 0 atom stereocenters. The second-order valence-electron chi connectivity index (χ2n) is 5.12. The second-order valence-corrected chi connectivity index (χ2v) is 7.05. The maximum absolute atomic E-state index is 11.8. The summed E-state index contributed by atoms with van der Waals surface area (Å²) in [4.78, 5) is 2.18. The number of unbranched alkanes of at least 4 members (excludes halogenated alkanes) is 1. The molecule has 0 aliphatic carbocycles. The van der Waals surface area contributed by atoms with Crippen LogP contribution in [0.25, 0.3) is 0 Å². The summed E-state index contributed by atoms with van der Waals surface area (Å²) in [5.74, 6) is 0.184. The third-order valence-electron chi connectivity index (χ3n) is 3.32. The topological polar surface area (TPSA) is 70.7 Å². The molecule has 6 nitrogen and oxygen atoms in total. The summed E-state index contributed by atoms with van der Waals surface area (Å²) in [6.07, 6.45) is 2.92. The van der Waals surface area contributed by atoms with E-state index in [4.69, 9.17) is 4.74 Å². The van der Waals surface area contributed by atoms with E-state index in [0.29, 0.717) is 19.7 Å². The summed E-state index contributed by atoms with van der Waals surface area (Å²) in [6, 6.07) is 0. The zero-order valence-corrected chi connectivity index (χ0v) is 13.4. The van der Waals surface area contributed by atoms with Crippen LogP contribution in [-0.2, 0) is 14.8 Å². The molecule has 120 valence electrons. The standard InChI is InChI=1S/C13H29N3O3S/c1-2-3-11-19-12-4-5-15-20(17,18)13-10-16-8-6-14-7-9-16/h14-15H,2-13H2,1H3. The van der Waals surface area contributed by atoms with Gasteiger partial charge in [0.05, 0.1) is 5.75 Å². The second kappa shape index (κ2) is 10.5. The van der Waals surface area contributed by atoms with Gasteiger partial charge in [0.25, 0.3) is 0 Å². The molecule has 0 radical (unpaired) electrons. The van der Waals surface area contributed by atoms with Gasteiger partial charge in [0.1, 0.15) is 0 Å². The fourth-order valence-corrected chi connectivity index (χ4v) is 3.10. The molecule has 20 heavy (non-hydrogen) atoms. The van der Waals surface area contributed by atoms with Gasteiger partial charge in [-0.25, -0.2) is 13.1 Å². The minimum atomic E-state index is -3.15. The van der Waals surface area contributed by atoms with Gasteiger partial charge in [-0.3, -0.25) is 4.90 Å². The highest BCUT2D eigenvalue weighted by Crippen LogP contribution is 1.95. The quantitative estimate of drug-likeness (QED) is 0.527. The number of piperazine rings is 1. The van der Waals surface area contributed by atoms with Crippen LogP contribution in [-0.4, -0.2) is 71.6 Å². The lowest BCUT2D eigenvalue weighted by atomic mass is 10.4. The number of hydrogen-bond donors (Lipinski definition) is 2. The Kier molecular flexibility index (Phi) is 9.37. The largest absolute Gasteiger partial charge is 0.381 e. The first-order valence-electron chi connectivity index (χ1n) is 7.62. The van der Waals surface area contributed by atoms with E-state index in [0.717, 1.165) is 52.0 Å². The molecule has 0 unspecified atom stereocenters. The van der Waals surface area contributed by atoms with Gasteiger partial charge in [-0.15, -0.1) is 0 Å². The van der Waals surface area contributed by atoms with Gasteiger partial charge in [0.2, 0.25) is 10.0 Å². The molecule has 1 heterocycles. The molecule has 7 heteroatoms. The van der Waals surface area contributed by atoms with Crippen LogP contribution in [0.1, 0.15) is 26.2 Å². The third kappa shape index (κ3) is 8.86. The van der Waals surface area contributed by atoms with Crippen molar-refractivity contribution in [3.05, 3.63) is 0 Å². The molecule has 0 bridgehead atoms. The SMILES string of the molecule is CCCCOCCCNS(=O)(=O)CCN1CCNCC1. The van der Waals surface area contributed by atoms with Crippen LogP contribution in [0, 0.1) is 0 Å². The minimum Gasteiger partial charge on any atom is -0.381 e. The van der Waals surface area contributed by atoms with Crippen molar-refractivity contribution >= 4 is 10.0 Å². The summed E-state index contributed by atoms with van der Waals surface area (Å²) in [7, 11) is -3.15. The van der Waals surface area contributed by atoms with Gasteiger partial charge in [0, 0.05) is 52.5 Å². The Bertz CT molecular complexity index is 330. The highest BCUT2D eigenvalue weighted by atomic mass is 32.2. The Morgan fingerprint density at radius 1 is 1.20 bits per heavy atom. The fraction of sp³-hybridized carbons (Fsp3) is 1.00. The van der Waals surface area contributed by atoms with Crippen molar-refractivity contribution in [2.24, 2.45) is 0 Å². The van der Waals surface area contributed by atoms with Crippen molar-refractivity contribution in [2.75, 3.05) is 58.2 Å². The number of hydrogen-bond acceptors (Lipinski definition) is 5. The van der Waals surface area contributed by atoms with E-state index in [1.54, 1.807) is 0 Å².